The van der Waals surface area contributed by atoms with Gasteiger partial charge in [0.15, 0.2) is 11.5 Å². The minimum Gasteiger partial charge on any atom is -0.497 e. The van der Waals surface area contributed by atoms with E-state index in [9.17, 15) is 5.11 Å². The number of nitrogens with zero attached hydrogens (tertiary/aromatic N) is 2. The molecule has 1 fully saturated rings. The average Bonchev–Trinajstić information content (AvgIpc) is 2.79. The molecule has 0 spiro atoms. The van der Waals surface area contributed by atoms with Crippen LogP contribution >= 0.6 is 0 Å². The van der Waals surface area contributed by atoms with Crippen LogP contribution in [0, 0.1) is 0 Å². The van der Waals surface area contributed by atoms with E-state index in [1.165, 1.54) is 5.69 Å². The van der Waals surface area contributed by atoms with Crippen LogP contribution in [0.4, 0.5) is 5.69 Å². The molecular formula is C23H32N2O5. The van der Waals surface area contributed by atoms with Crippen molar-refractivity contribution in [2.75, 3.05) is 65.6 Å². The SMILES string of the molecule is COc1ccc(N2CCN(C[C@H](O)COCc3ccc(OC)c(OC)c3)CC2)cc1. The average molecular weight is 417 g/mol. The van der Waals surface area contributed by atoms with E-state index < -0.39 is 6.10 Å². The summed E-state index contributed by atoms with van der Waals surface area (Å²) >= 11 is 0. The molecule has 1 heterocycles. The van der Waals surface area contributed by atoms with Crippen molar-refractivity contribution < 1.29 is 24.1 Å². The summed E-state index contributed by atoms with van der Waals surface area (Å²) in [6, 6.07) is 13.8. The number of hydrogen-bond donors (Lipinski definition) is 1. The molecule has 7 heteroatoms. The van der Waals surface area contributed by atoms with Gasteiger partial charge in [-0.05, 0) is 42.0 Å². The van der Waals surface area contributed by atoms with Crippen LogP contribution in [0.15, 0.2) is 42.5 Å². The summed E-state index contributed by atoms with van der Waals surface area (Å²) < 4.78 is 21.5. The Morgan fingerprint density at radius 2 is 1.57 bits per heavy atom. The summed E-state index contributed by atoms with van der Waals surface area (Å²) in [7, 11) is 4.90. The molecule has 164 valence electrons. The number of anilines is 1. The fourth-order valence-corrected chi connectivity index (χ4v) is 3.62. The zero-order chi connectivity index (χ0) is 21.3. The van der Waals surface area contributed by atoms with E-state index in [2.05, 4.69) is 21.9 Å². The van der Waals surface area contributed by atoms with Gasteiger partial charge in [-0.25, -0.2) is 0 Å². The molecule has 2 aromatic rings. The Morgan fingerprint density at radius 3 is 2.20 bits per heavy atom. The molecule has 1 aliphatic heterocycles. The van der Waals surface area contributed by atoms with Crippen molar-refractivity contribution in [1.82, 2.24) is 4.90 Å². The minimum absolute atomic E-state index is 0.299. The van der Waals surface area contributed by atoms with Crippen LogP contribution in [0.2, 0.25) is 0 Å². The predicted molar refractivity (Wildman–Crippen MR) is 117 cm³/mol. The molecule has 1 saturated heterocycles. The fourth-order valence-electron chi connectivity index (χ4n) is 3.62. The van der Waals surface area contributed by atoms with Crippen LogP contribution in [-0.2, 0) is 11.3 Å². The molecule has 0 aromatic heterocycles. The van der Waals surface area contributed by atoms with E-state index in [1.807, 2.05) is 30.3 Å². The second-order valence-electron chi connectivity index (χ2n) is 7.34. The first-order valence-corrected chi connectivity index (χ1v) is 10.2. The molecule has 2 aromatic carbocycles. The van der Waals surface area contributed by atoms with Gasteiger partial charge >= 0.3 is 0 Å². The molecule has 30 heavy (non-hydrogen) atoms. The normalized spacial score (nSPS) is 15.7. The maximum absolute atomic E-state index is 10.4. The second-order valence-corrected chi connectivity index (χ2v) is 7.34. The van der Waals surface area contributed by atoms with Gasteiger partial charge < -0.3 is 29.0 Å². The van der Waals surface area contributed by atoms with E-state index in [1.54, 1.807) is 21.3 Å². The first-order valence-electron chi connectivity index (χ1n) is 10.2. The Labute approximate surface area is 178 Å². The molecule has 0 bridgehead atoms. The lowest BCUT2D eigenvalue weighted by Gasteiger charge is -2.36. The number of methoxy groups -OCH3 is 3. The quantitative estimate of drug-likeness (QED) is 0.638. The number of ether oxygens (including phenoxy) is 4. The summed E-state index contributed by atoms with van der Waals surface area (Å²) in [5.41, 5.74) is 2.18. The van der Waals surface area contributed by atoms with Crippen LogP contribution in [0.25, 0.3) is 0 Å². The lowest BCUT2D eigenvalue weighted by Crippen LogP contribution is -2.49. The number of piperazine rings is 1. The molecular weight excluding hydrogens is 384 g/mol. The third-order valence-electron chi connectivity index (χ3n) is 5.31. The second kappa shape index (κ2) is 11.1. The lowest BCUT2D eigenvalue weighted by atomic mass is 10.2. The van der Waals surface area contributed by atoms with Crippen molar-refractivity contribution in [3.05, 3.63) is 48.0 Å². The number of hydrogen-bond acceptors (Lipinski definition) is 7. The third kappa shape index (κ3) is 6.01. The van der Waals surface area contributed by atoms with Crippen LogP contribution in [0.5, 0.6) is 17.2 Å². The molecule has 1 atom stereocenters. The maximum atomic E-state index is 10.4. The van der Waals surface area contributed by atoms with Crippen molar-refractivity contribution in [3.8, 4) is 17.2 Å². The predicted octanol–water partition coefficient (Wildman–Crippen LogP) is 2.41. The van der Waals surface area contributed by atoms with Crippen molar-refractivity contribution in [3.63, 3.8) is 0 Å². The highest BCUT2D eigenvalue weighted by atomic mass is 16.5. The Morgan fingerprint density at radius 1 is 0.867 bits per heavy atom. The highest BCUT2D eigenvalue weighted by Gasteiger charge is 2.19. The Balaban J connectivity index is 1.38. The molecule has 1 N–H and O–H groups in total. The van der Waals surface area contributed by atoms with E-state index >= 15 is 0 Å². The Kier molecular flexibility index (Phi) is 8.19. The van der Waals surface area contributed by atoms with Gasteiger partial charge in [-0.15, -0.1) is 0 Å². The van der Waals surface area contributed by atoms with E-state index in [0.29, 0.717) is 31.3 Å². The van der Waals surface area contributed by atoms with Gasteiger partial charge in [0.1, 0.15) is 5.75 Å². The van der Waals surface area contributed by atoms with Crippen molar-refractivity contribution in [2.24, 2.45) is 0 Å². The highest BCUT2D eigenvalue weighted by Crippen LogP contribution is 2.27. The van der Waals surface area contributed by atoms with Gasteiger partial charge in [-0.1, -0.05) is 6.07 Å². The molecule has 0 radical (unpaired) electrons. The Hall–Kier alpha value is -2.48. The molecule has 3 rings (SSSR count). The van der Waals surface area contributed by atoms with Crippen molar-refractivity contribution in [2.45, 2.75) is 12.7 Å². The molecule has 0 saturated carbocycles. The summed E-state index contributed by atoms with van der Waals surface area (Å²) in [5, 5.41) is 10.4. The van der Waals surface area contributed by atoms with Gasteiger partial charge in [0.05, 0.1) is 40.6 Å². The zero-order valence-corrected chi connectivity index (χ0v) is 18.0. The van der Waals surface area contributed by atoms with Crippen LogP contribution in [0.3, 0.4) is 0 Å². The monoisotopic (exact) mass is 416 g/mol. The largest absolute Gasteiger partial charge is 0.497 e. The number of aliphatic hydroxyl groups excluding tert-OH is 1. The van der Waals surface area contributed by atoms with E-state index in [-0.39, 0.29) is 0 Å². The van der Waals surface area contributed by atoms with Gasteiger partial charge in [0.2, 0.25) is 0 Å². The fraction of sp³-hybridized carbons (Fsp3) is 0.478. The standard InChI is InChI=1S/C23H32N2O5/c1-27-21-7-5-19(6-8-21)25-12-10-24(11-13-25)15-20(26)17-30-16-18-4-9-22(28-2)23(14-18)29-3/h4-9,14,20,26H,10-13,15-17H2,1-3H3/t20-/m0/s1. The highest BCUT2D eigenvalue weighted by molar-refractivity contribution is 5.49. The van der Waals surface area contributed by atoms with Gasteiger partial charge in [0, 0.05) is 38.4 Å². The van der Waals surface area contributed by atoms with E-state index in [0.717, 1.165) is 37.5 Å². The van der Waals surface area contributed by atoms with Gasteiger partial charge in [-0.2, -0.15) is 0 Å². The summed E-state index contributed by atoms with van der Waals surface area (Å²) in [6.45, 7) is 5.03. The molecule has 1 aliphatic rings. The summed E-state index contributed by atoms with van der Waals surface area (Å²) in [6.07, 6.45) is -0.516. The van der Waals surface area contributed by atoms with Crippen molar-refractivity contribution in [1.29, 1.82) is 0 Å². The maximum Gasteiger partial charge on any atom is 0.161 e. The molecule has 0 aliphatic carbocycles. The first kappa shape index (κ1) is 22.2. The minimum atomic E-state index is -0.516. The number of β-amino-alcohol motifs (C(OH)–C–C–N with tert-alkyl or cyclic N) is 1. The smallest absolute Gasteiger partial charge is 0.161 e. The first-order chi connectivity index (χ1) is 14.6. The lowest BCUT2D eigenvalue weighted by molar-refractivity contribution is 0.00909. The third-order valence-corrected chi connectivity index (χ3v) is 5.31. The molecule has 0 unspecified atom stereocenters. The Bertz CT molecular complexity index is 776. The zero-order valence-electron chi connectivity index (χ0n) is 18.0. The van der Waals surface area contributed by atoms with Crippen LogP contribution < -0.4 is 19.1 Å². The van der Waals surface area contributed by atoms with Gasteiger partial charge in [-0.3, -0.25) is 4.90 Å². The summed E-state index contributed by atoms with van der Waals surface area (Å²) in [5.74, 6) is 2.23. The molecule has 7 nitrogen and oxygen atoms in total. The number of aliphatic hydroxyl groups is 1. The van der Waals surface area contributed by atoms with Gasteiger partial charge in [0.25, 0.3) is 0 Å². The topological polar surface area (TPSA) is 63.6 Å². The van der Waals surface area contributed by atoms with Crippen LogP contribution in [0.1, 0.15) is 5.56 Å². The summed E-state index contributed by atoms with van der Waals surface area (Å²) in [4.78, 5) is 4.64. The van der Waals surface area contributed by atoms with Crippen molar-refractivity contribution >= 4 is 5.69 Å². The molecule has 0 amide bonds. The number of rotatable bonds is 10. The van der Waals surface area contributed by atoms with E-state index in [4.69, 9.17) is 18.9 Å². The number of benzene rings is 2. The van der Waals surface area contributed by atoms with Crippen LogP contribution in [-0.4, -0.2) is 76.8 Å².